The van der Waals surface area contributed by atoms with E-state index in [-0.39, 0.29) is 17.5 Å². The van der Waals surface area contributed by atoms with Crippen LogP contribution in [0.3, 0.4) is 0 Å². The lowest BCUT2D eigenvalue weighted by Crippen LogP contribution is -2.14. The number of furan rings is 1. The number of ketones is 2. The summed E-state index contributed by atoms with van der Waals surface area (Å²) in [6.07, 6.45) is 4.39. The molecule has 3 heteroatoms. The molecule has 18 heavy (non-hydrogen) atoms. The van der Waals surface area contributed by atoms with E-state index in [1.807, 2.05) is 6.92 Å². The summed E-state index contributed by atoms with van der Waals surface area (Å²) in [5, 5.41) is 0. The maximum atomic E-state index is 12.3. The summed E-state index contributed by atoms with van der Waals surface area (Å²) < 4.78 is 4.92. The average molecular weight is 246 g/mol. The number of hydrogen-bond donors (Lipinski definition) is 0. The van der Waals surface area contributed by atoms with Gasteiger partial charge in [-0.05, 0) is 24.8 Å². The Labute approximate surface area is 107 Å². The highest BCUT2D eigenvalue weighted by Gasteiger charge is 2.34. The van der Waals surface area contributed by atoms with Gasteiger partial charge in [0.05, 0.1) is 17.4 Å². The minimum atomic E-state index is -0.186. The lowest BCUT2D eigenvalue weighted by atomic mass is 9.96. The van der Waals surface area contributed by atoms with Crippen molar-refractivity contribution in [3.63, 3.8) is 0 Å². The summed E-state index contributed by atoms with van der Waals surface area (Å²) in [4.78, 5) is 24.4. The molecule has 96 valence electrons. The molecule has 2 rings (SSSR count). The molecule has 0 bridgehead atoms. The smallest absolute Gasteiger partial charge is 0.199 e. The molecule has 0 aliphatic heterocycles. The van der Waals surface area contributed by atoms with Gasteiger partial charge >= 0.3 is 0 Å². The van der Waals surface area contributed by atoms with Crippen LogP contribution in [0.2, 0.25) is 0 Å². The van der Waals surface area contributed by atoms with Crippen LogP contribution in [-0.2, 0) is 4.79 Å². The van der Waals surface area contributed by atoms with Crippen LogP contribution in [-0.4, -0.2) is 11.6 Å². The van der Waals surface area contributed by atoms with E-state index >= 15 is 0 Å². The van der Waals surface area contributed by atoms with Crippen LogP contribution in [0.15, 0.2) is 34.2 Å². The fraction of sp³-hybridized carbons (Fsp3) is 0.467. The molecule has 1 atom stereocenters. The topological polar surface area (TPSA) is 47.3 Å². The van der Waals surface area contributed by atoms with Gasteiger partial charge in [0.1, 0.15) is 6.26 Å². The van der Waals surface area contributed by atoms with Crippen molar-refractivity contribution in [2.24, 2.45) is 11.8 Å². The van der Waals surface area contributed by atoms with E-state index in [4.69, 9.17) is 4.42 Å². The summed E-state index contributed by atoms with van der Waals surface area (Å²) in [6, 6.07) is 1.61. The first-order chi connectivity index (χ1) is 8.50. The molecule has 1 aliphatic carbocycles. The number of allylic oxidation sites excluding steroid dienone is 2. The third kappa shape index (κ3) is 2.30. The zero-order chi connectivity index (χ0) is 13.3. The van der Waals surface area contributed by atoms with Crippen molar-refractivity contribution in [1.29, 1.82) is 0 Å². The van der Waals surface area contributed by atoms with E-state index in [0.29, 0.717) is 17.1 Å². The highest BCUT2D eigenvalue weighted by Crippen LogP contribution is 2.34. The molecule has 0 amide bonds. The molecule has 1 aliphatic rings. The average Bonchev–Trinajstić information content (AvgIpc) is 2.88. The molecule has 0 spiro atoms. The maximum Gasteiger partial charge on any atom is 0.199 e. The Bertz CT molecular complexity index is 492. The van der Waals surface area contributed by atoms with Crippen molar-refractivity contribution in [3.05, 3.63) is 35.3 Å². The van der Waals surface area contributed by atoms with Crippen LogP contribution < -0.4 is 0 Å². The molecule has 0 fully saturated rings. The largest absolute Gasteiger partial charge is 0.472 e. The Kier molecular flexibility index (Phi) is 3.50. The standard InChI is InChI=1S/C15H18O3/c1-9(2)6-12-7-10(3)14(16)13(12)15(17)11-4-5-18-8-11/h4-5,8-10H,6-7H2,1-3H3/t10-/m1/s1. The monoisotopic (exact) mass is 246 g/mol. The Balaban J connectivity index is 2.36. The molecule has 0 unspecified atom stereocenters. The van der Waals surface area contributed by atoms with E-state index < -0.39 is 0 Å². The summed E-state index contributed by atoms with van der Waals surface area (Å²) in [5.41, 5.74) is 1.88. The number of carbonyl (C=O) groups is 2. The quantitative estimate of drug-likeness (QED) is 0.604. The maximum absolute atomic E-state index is 12.3. The van der Waals surface area contributed by atoms with Gasteiger partial charge in [0.15, 0.2) is 11.6 Å². The van der Waals surface area contributed by atoms with Crippen LogP contribution in [0.25, 0.3) is 0 Å². The molecule has 1 aromatic heterocycles. The van der Waals surface area contributed by atoms with Crippen molar-refractivity contribution < 1.29 is 14.0 Å². The van der Waals surface area contributed by atoms with Crippen molar-refractivity contribution in [1.82, 2.24) is 0 Å². The molecule has 0 saturated carbocycles. The molecular weight excluding hydrogens is 228 g/mol. The van der Waals surface area contributed by atoms with Crippen LogP contribution in [0.5, 0.6) is 0 Å². The number of carbonyl (C=O) groups excluding carboxylic acids is 2. The fourth-order valence-corrected chi connectivity index (χ4v) is 2.47. The van der Waals surface area contributed by atoms with Crippen molar-refractivity contribution in [3.8, 4) is 0 Å². The predicted octanol–water partition coefficient (Wildman–Crippen LogP) is 3.41. The molecule has 0 saturated heterocycles. The Morgan fingerprint density at radius 3 is 2.78 bits per heavy atom. The highest BCUT2D eigenvalue weighted by molar-refractivity contribution is 6.28. The zero-order valence-corrected chi connectivity index (χ0v) is 11.0. The molecule has 3 nitrogen and oxygen atoms in total. The first-order valence-electron chi connectivity index (χ1n) is 6.33. The molecule has 0 radical (unpaired) electrons. The lowest BCUT2D eigenvalue weighted by molar-refractivity contribution is -0.117. The van der Waals surface area contributed by atoms with Gasteiger partial charge in [-0.25, -0.2) is 0 Å². The molecule has 0 N–H and O–H groups in total. The number of Topliss-reactive ketones (excluding diaryl/α,β-unsaturated/α-hetero) is 2. The first-order valence-corrected chi connectivity index (χ1v) is 6.33. The van der Waals surface area contributed by atoms with E-state index in [9.17, 15) is 9.59 Å². The summed E-state index contributed by atoms with van der Waals surface area (Å²) >= 11 is 0. The Morgan fingerprint density at radius 1 is 1.50 bits per heavy atom. The van der Waals surface area contributed by atoms with Gasteiger partial charge in [0.25, 0.3) is 0 Å². The van der Waals surface area contributed by atoms with Gasteiger partial charge in [0, 0.05) is 5.92 Å². The lowest BCUT2D eigenvalue weighted by Gasteiger charge is -2.07. The number of hydrogen-bond acceptors (Lipinski definition) is 3. The SMILES string of the molecule is CC(C)CC1=C(C(=O)c2ccoc2)C(=O)[C@H](C)C1. The summed E-state index contributed by atoms with van der Waals surface area (Å²) in [5.74, 6) is 0.181. The summed E-state index contributed by atoms with van der Waals surface area (Å²) in [7, 11) is 0. The minimum absolute atomic E-state index is 0.0168. The van der Waals surface area contributed by atoms with Crippen LogP contribution in [0.4, 0.5) is 0 Å². The zero-order valence-electron chi connectivity index (χ0n) is 11.0. The second kappa shape index (κ2) is 4.92. The molecular formula is C15H18O3. The summed E-state index contributed by atoms with van der Waals surface area (Å²) in [6.45, 7) is 6.08. The van der Waals surface area contributed by atoms with Gasteiger partial charge in [-0.2, -0.15) is 0 Å². The Hall–Kier alpha value is -1.64. The van der Waals surface area contributed by atoms with E-state index in [1.165, 1.54) is 12.5 Å². The predicted molar refractivity (Wildman–Crippen MR) is 68.3 cm³/mol. The van der Waals surface area contributed by atoms with Crippen molar-refractivity contribution in [2.75, 3.05) is 0 Å². The normalized spacial score (nSPS) is 20.0. The third-order valence-corrected chi connectivity index (χ3v) is 3.27. The second-order valence-electron chi connectivity index (χ2n) is 5.39. The van der Waals surface area contributed by atoms with Crippen LogP contribution in [0.1, 0.15) is 44.0 Å². The fourth-order valence-electron chi connectivity index (χ4n) is 2.47. The van der Waals surface area contributed by atoms with Gasteiger partial charge in [0.2, 0.25) is 0 Å². The van der Waals surface area contributed by atoms with Gasteiger partial charge in [-0.3, -0.25) is 9.59 Å². The second-order valence-corrected chi connectivity index (χ2v) is 5.39. The molecule has 0 aromatic carbocycles. The minimum Gasteiger partial charge on any atom is -0.472 e. The van der Waals surface area contributed by atoms with E-state index in [0.717, 1.165) is 18.4 Å². The molecule has 1 aromatic rings. The number of rotatable bonds is 4. The van der Waals surface area contributed by atoms with Crippen molar-refractivity contribution >= 4 is 11.6 Å². The first kappa shape index (κ1) is 12.8. The van der Waals surface area contributed by atoms with Crippen LogP contribution >= 0.6 is 0 Å². The van der Waals surface area contributed by atoms with Gasteiger partial charge in [-0.1, -0.05) is 26.3 Å². The van der Waals surface area contributed by atoms with Crippen molar-refractivity contribution in [2.45, 2.75) is 33.6 Å². The Morgan fingerprint density at radius 2 is 2.22 bits per heavy atom. The molecule has 1 heterocycles. The highest BCUT2D eigenvalue weighted by atomic mass is 16.3. The van der Waals surface area contributed by atoms with Gasteiger partial charge in [-0.15, -0.1) is 0 Å². The van der Waals surface area contributed by atoms with E-state index in [1.54, 1.807) is 6.07 Å². The van der Waals surface area contributed by atoms with Crippen LogP contribution in [0, 0.1) is 11.8 Å². The van der Waals surface area contributed by atoms with Gasteiger partial charge < -0.3 is 4.42 Å². The third-order valence-electron chi connectivity index (χ3n) is 3.27. The van der Waals surface area contributed by atoms with E-state index in [2.05, 4.69) is 13.8 Å².